The molecule has 0 bridgehead atoms. The predicted molar refractivity (Wildman–Crippen MR) is 111 cm³/mol. The third-order valence-corrected chi connectivity index (χ3v) is 4.75. The van der Waals surface area contributed by atoms with Crippen LogP contribution in [0.25, 0.3) is 0 Å². The second kappa shape index (κ2) is 9.15. The first-order valence-electron chi connectivity index (χ1n) is 9.73. The number of para-hydroxylation sites is 3. The molecule has 4 rings (SSSR count). The molecule has 1 aliphatic rings. The summed E-state index contributed by atoms with van der Waals surface area (Å²) in [5.74, 6) is 2.00. The van der Waals surface area contributed by atoms with Gasteiger partial charge in [0.15, 0.2) is 0 Å². The minimum absolute atomic E-state index is 0.0816. The first-order valence-corrected chi connectivity index (χ1v) is 9.73. The second-order valence-electron chi connectivity index (χ2n) is 6.71. The summed E-state index contributed by atoms with van der Waals surface area (Å²) in [4.78, 5) is 12.9. The molecule has 0 radical (unpaired) electrons. The molecular weight excluding hydrogens is 366 g/mol. The van der Waals surface area contributed by atoms with Crippen LogP contribution >= 0.6 is 0 Å². The number of fused-ring (bicyclic) bond motifs is 1. The first-order chi connectivity index (χ1) is 14.3. The van der Waals surface area contributed by atoms with Crippen molar-refractivity contribution in [3.05, 3.63) is 90.0 Å². The van der Waals surface area contributed by atoms with Crippen molar-refractivity contribution in [3.63, 3.8) is 0 Å². The van der Waals surface area contributed by atoms with Gasteiger partial charge in [-0.3, -0.25) is 4.79 Å². The van der Waals surface area contributed by atoms with E-state index in [9.17, 15) is 4.79 Å². The quantitative estimate of drug-likeness (QED) is 0.609. The van der Waals surface area contributed by atoms with Crippen LogP contribution in [-0.2, 0) is 0 Å². The van der Waals surface area contributed by atoms with E-state index in [-0.39, 0.29) is 11.9 Å². The first kappa shape index (κ1) is 18.9. The topological polar surface area (TPSA) is 56.8 Å². The number of rotatable bonds is 7. The van der Waals surface area contributed by atoms with Crippen LogP contribution in [0.15, 0.2) is 78.9 Å². The Balaban J connectivity index is 1.38. The van der Waals surface area contributed by atoms with Crippen molar-refractivity contribution < 1.29 is 19.0 Å². The highest BCUT2D eigenvalue weighted by molar-refractivity contribution is 5.97. The van der Waals surface area contributed by atoms with Gasteiger partial charge in [0.1, 0.15) is 30.5 Å². The Morgan fingerprint density at radius 1 is 0.897 bits per heavy atom. The minimum atomic E-state index is -0.161. The zero-order chi connectivity index (χ0) is 19.9. The van der Waals surface area contributed by atoms with Gasteiger partial charge in [0, 0.05) is 12.0 Å². The molecule has 1 atom stereocenters. The van der Waals surface area contributed by atoms with Gasteiger partial charge in [0.05, 0.1) is 18.2 Å². The lowest BCUT2D eigenvalue weighted by atomic mass is 10.00. The maximum Gasteiger partial charge on any atom is 0.255 e. The molecule has 1 N–H and O–H groups in total. The van der Waals surface area contributed by atoms with Gasteiger partial charge in [-0.25, -0.2) is 0 Å². The lowest BCUT2D eigenvalue weighted by Gasteiger charge is -2.26. The van der Waals surface area contributed by atoms with Crippen LogP contribution in [0.3, 0.4) is 0 Å². The number of hydrogen-bond acceptors (Lipinski definition) is 4. The molecular formula is C24H23NO4. The molecule has 0 spiro atoms. The molecule has 3 aromatic rings. The number of amides is 1. The molecule has 5 nitrogen and oxygen atoms in total. The Morgan fingerprint density at radius 3 is 2.52 bits per heavy atom. The van der Waals surface area contributed by atoms with E-state index in [0.29, 0.717) is 31.1 Å². The highest BCUT2D eigenvalue weighted by Crippen LogP contribution is 2.32. The second-order valence-corrected chi connectivity index (χ2v) is 6.71. The van der Waals surface area contributed by atoms with Crippen molar-refractivity contribution in [3.8, 4) is 17.2 Å². The normalized spacial score (nSPS) is 15.0. The number of hydrogen-bond donors (Lipinski definition) is 1. The summed E-state index contributed by atoms with van der Waals surface area (Å²) in [6.45, 7) is 1.32. The van der Waals surface area contributed by atoms with Gasteiger partial charge < -0.3 is 19.5 Å². The third kappa shape index (κ3) is 4.69. The molecule has 0 aromatic heterocycles. The molecule has 1 aliphatic heterocycles. The standard InChI is InChI=1S/C24H23NO4/c26-24(25-21-14-15-28-22-12-6-4-10-19(21)22)20-11-5-7-13-23(20)29-17-16-27-18-8-2-1-3-9-18/h1-13,21H,14-17H2,(H,25,26). The maximum absolute atomic E-state index is 12.9. The largest absolute Gasteiger partial charge is 0.493 e. The zero-order valence-corrected chi connectivity index (χ0v) is 16.0. The lowest BCUT2D eigenvalue weighted by molar-refractivity contribution is 0.0919. The fraction of sp³-hybridized carbons (Fsp3) is 0.208. The summed E-state index contributed by atoms with van der Waals surface area (Å²) in [5.41, 5.74) is 1.51. The van der Waals surface area contributed by atoms with Crippen molar-refractivity contribution in [2.75, 3.05) is 19.8 Å². The van der Waals surface area contributed by atoms with Gasteiger partial charge in [0.2, 0.25) is 0 Å². The number of carbonyl (C=O) groups excluding carboxylic acids is 1. The molecule has 0 saturated heterocycles. The highest BCUT2D eigenvalue weighted by Gasteiger charge is 2.24. The van der Waals surface area contributed by atoms with Gasteiger partial charge >= 0.3 is 0 Å². The van der Waals surface area contributed by atoms with Crippen LogP contribution in [0, 0.1) is 0 Å². The molecule has 29 heavy (non-hydrogen) atoms. The number of benzene rings is 3. The van der Waals surface area contributed by atoms with E-state index in [1.54, 1.807) is 12.1 Å². The zero-order valence-electron chi connectivity index (χ0n) is 16.0. The van der Waals surface area contributed by atoms with Crippen LogP contribution in [0.2, 0.25) is 0 Å². The van der Waals surface area contributed by atoms with Crippen molar-refractivity contribution in [2.24, 2.45) is 0 Å². The molecule has 5 heteroatoms. The molecule has 0 saturated carbocycles. The van der Waals surface area contributed by atoms with E-state index in [2.05, 4.69) is 5.32 Å². The SMILES string of the molecule is O=C(NC1CCOc2ccccc21)c1ccccc1OCCOc1ccccc1. The molecule has 1 unspecified atom stereocenters. The van der Waals surface area contributed by atoms with Crippen molar-refractivity contribution >= 4 is 5.91 Å². The van der Waals surface area contributed by atoms with Crippen LogP contribution in [0.1, 0.15) is 28.4 Å². The van der Waals surface area contributed by atoms with Gasteiger partial charge in [-0.2, -0.15) is 0 Å². The third-order valence-electron chi connectivity index (χ3n) is 4.75. The fourth-order valence-electron chi connectivity index (χ4n) is 3.34. The average molecular weight is 389 g/mol. The van der Waals surface area contributed by atoms with Gasteiger partial charge in [-0.1, -0.05) is 48.5 Å². The fourth-order valence-corrected chi connectivity index (χ4v) is 3.34. The summed E-state index contributed by atoms with van der Waals surface area (Å²) >= 11 is 0. The monoisotopic (exact) mass is 389 g/mol. The Kier molecular flexibility index (Phi) is 5.95. The molecule has 0 aliphatic carbocycles. The summed E-state index contributed by atoms with van der Waals surface area (Å²) in [6, 6.07) is 24.6. The van der Waals surface area contributed by atoms with Gasteiger partial charge in [0.25, 0.3) is 5.91 Å². The van der Waals surface area contributed by atoms with E-state index in [1.165, 1.54) is 0 Å². The van der Waals surface area contributed by atoms with Crippen molar-refractivity contribution in [1.82, 2.24) is 5.32 Å². The van der Waals surface area contributed by atoms with E-state index >= 15 is 0 Å². The molecule has 3 aromatic carbocycles. The Morgan fingerprint density at radius 2 is 1.62 bits per heavy atom. The van der Waals surface area contributed by atoms with Gasteiger partial charge in [-0.15, -0.1) is 0 Å². The summed E-state index contributed by atoms with van der Waals surface area (Å²) in [5, 5.41) is 3.12. The van der Waals surface area contributed by atoms with Crippen LogP contribution < -0.4 is 19.5 Å². The summed E-state index contributed by atoms with van der Waals surface area (Å²) in [7, 11) is 0. The lowest BCUT2D eigenvalue weighted by Crippen LogP contribution is -2.32. The molecule has 0 fully saturated rings. The minimum Gasteiger partial charge on any atom is -0.493 e. The Hall–Kier alpha value is -3.47. The molecule has 1 heterocycles. The van der Waals surface area contributed by atoms with E-state index in [0.717, 1.165) is 23.5 Å². The van der Waals surface area contributed by atoms with Crippen LogP contribution in [0.4, 0.5) is 0 Å². The number of ether oxygens (including phenoxy) is 3. The summed E-state index contributed by atoms with van der Waals surface area (Å²) in [6.07, 6.45) is 0.733. The maximum atomic E-state index is 12.9. The predicted octanol–water partition coefficient (Wildman–Crippen LogP) is 4.40. The van der Waals surface area contributed by atoms with Crippen LogP contribution in [-0.4, -0.2) is 25.7 Å². The highest BCUT2D eigenvalue weighted by atomic mass is 16.5. The Labute approximate surface area is 170 Å². The van der Waals surface area contributed by atoms with E-state index < -0.39 is 0 Å². The molecule has 1 amide bonds. The average Bonchev–Trinajstić information content (AvgIpc) is 2.78. The number of carbonyl (C=O) groups is 1. The van der Waals surface area contributed by atoms with Gasteiger partial charge in [-0.05, 0) is 30.3 Å². The smallest absolute Gasteiger partial charge is 0.255 e. The Bertz CT molecular complexity index is 958. The van der Waals surface area contributed by atoms with E-state index in [1.807, 2.05) is 66.7 Å². The van der Waals surface area contributed by atoms with E-state index in [4.69, 9.17) is 14.2 Å². The van der Waals surface area contributed by atoms with Crippen molar-refractivity contribution in [1.29, 1.82) is 0 Å². The van der Waals surface area contributed by atoms with Crippen LogP contribution in [0.5, 0.6) is 17.2 Å². The number of nitrogens with one attached hydrogen (secondary N) is 1. The molecule has 148 valence electrons. The van der Waals surface area contributed by atoms with Crippen molar-refractivity contribution in [2.45, 2.75) is 12.5 Å². The summed E-state index contributed by atoms with van der Waals surface area (Å²) < 4.78 is 17.2.